The van der Waals surface area contributed by atoms with E-state index in [0.29, 0.717) is 0 Å². The zero-order valence-corrected chi connectivity index (χ0v) is 11.5. The Labute approximate surface area is 105 Å². The molecule has 0 bridgehead atoms. The summed E-state index contributed by atoms with van der Waals surface area (Å²) in [5, 5.41) is 0. The van der Waals surface area contributed by atoms with Crippen LogP contribution in [0.2, 0.25) is 0 Å². The Morgan fingerprint density at radius 1 is 0.923 bits per heavy atom. The van der Waals surface area contributed by atoms with Gasteiger partial charge in [0, 0.05) is 23.9 Å². The molecule has 0 aliphatic carbocycles. The van der Waals surface area contributed by atoms with Crippen LogP contribution in [-0.4, -0.2) is 60.6 Å². The van der Waals surface area contributed by atoms with Gasteiger partial charge in [0.2, 0.25) is 0 Å². The average Bonchev–Trinajstić information content (AvgIpc) is 2.11. The zero-order valence-electron chi connectivity index (χ0n) is 6.86. The Morgan fingerprint density at radius 2 is 1.23 bits per heavy atom. The van der Waals surface area contributed by atoms with E-state index in [4.69, 9.17) is 0 Å². The number of ether oxygens (including phenoxy) is 2. The van der Waals surface area contributed by atoms with Gasteiger partial charge in [0.1, 0.15) is 13.2 Å². The summed E-state index contributed by atoms with van der Waals surface area (Å²) in [7, 11) is 0. The molecule has 0 rings (SSSR count). The van der Waals surface area contributed by atoms with Gasteiger partial charge in [0.05, 0.1) is 11.5 Å². The fourth-order valence-electron chi connectivity index (χ4n) is 0.402. The minimum Gasteiger partial charge on any atom is -0.461 e. The predicted molar refractivity (Wildman–Crippen MR) is 55.4 cm³/mol. The topological polar surface area (TPSA) is 52.6 Å². The quantitative estimate of drug-likeness (QED) is 0.311. The number of esters is 2. The normalized spacial score (nSPS) is 8.46. The van der Waals surface area contributed by atoms with Crippen molar-refractivity contribution in [3.05, 3.63) is 0 Å². The van der Waals surface area contributed by atoms with Gasteiger partial charge in [-0.3, -0.25) is 9.59 Å². The summed E-state index contributed by atoms with van der Waals surface area (Å²) >= 11 is 7.36. The van der Waals surface area contributed by atoms with E-state index >= 15 is 0 Å². The first-order chi connectivity index (χ1) is 5.70. The zero-order chi connectivity index (χ0) is 9.40. The molecule has 0 aromatic heterocycles. The van der Waals surface area contributed by atoms with Crippen molar-refractivity contribution in [2.24, 2.45) is 0 Å². The summed E-state index contributed by atoms with van der Waals surface area (Å²) in [6, 6.07) is 0. The van der Waals surface area contributed by atoms with Crippen LogP contribution in [0.1, 0.15) is 0 Å². The Bertz CT molecular complexity index is 147. The van der Waals surface area contributed by atoms with Gasteiger partial charge in [0.25, 0.3) is 0 Å². The Morgan fingerprint density at radius 3 is 1.46 bits per heavy atom. The summed E-state index contributed by atoms with van der Waals surface area (Å²) in [5.74, 6) is -0.804. The maximum absolute atomic E-state index is 10.5. The summed E-state index contributed by atoms with van der Waals surface area (Å²) in [4.78, 5) is 20.9. The third kappa shape index (κ3) is 10.4. The van der Waals surface area contributed by atoms with E-state index in [1.54, 1.807) is 0 Å². The number of rotatable bonds is 5. The van der Waals surface area contributed by atoms with Crippen LogP contribution in [0, 0.1) is 0 Å². The van der Waals surface area contributed by atoms with Crippen molar-refractivity contribution in [2.75, 3.05) is 24.7 Å². The first kappa shape index (κ1) is 15.9. The molecule has 0 heterocycles. The second-order valence-electron chi connectivity index (χ2n) is 1.76. The monoisotopic (exact) mass is 330 g/mol. The fraction of sp³-hybridized carbons (Fsp3) is 0.667. The molecule has 0 fully saturated rings. The van der Waals surface area contributed by atoms with Gasteiger partial charge in [-0.25, -0.2) is 0 Å². The molecular formula is C6H10O4S2Sn. The molecule has 0 amide bonds. The fourth-order valence-corrected chi connectivity index (χ4v) is 0.585. The minimum atomic E-state index is -0.430. The molecule has 0 saturated carbocycles. The SMILES string of the molecule is O=C(CS)OCCOC(=O)CS.[Sn]. The van der Waals surface area contributed by atoms with Crippen molar-refractivity contribution in [2.45, 2.75) is 0 Å². The van der Waals surface area contributed by atoms with E-state index in [1.807, 2.05) is 0 Å². The van der Waals surface area contributed by atoms with Gasteiger partial charge in [-0.15, -0.1) is 0 Å². The molecule has 7 heteroatoms. The van der Waals surface area contributed by atoms with E-state index < -0.39 is 11.9 Å². The molecule has 0 spiro atoms. The standard InChI is InChI=1S/C6H10O4S2.Sn/c7-5(3-11)9-1-2-10-6(8)4-12;/h11-12H,1-4H2;. The molecule has 0 aliphatic rings. The third-order valence-corrected chi connectivity index (χ3v) is 1.38. The van der Waals surface area contributed by atoms with Crippen LogP contribution in [-0.2, 0) is 19.1 Å². The van der Waals surface area contributed by atoms with Gasteiger partial charge in [-0.05, 0) is 0 Å². The van der Waals surface area contributed by atoms with E-state index in [9.17, 15) is 9.59 Å². The van der Waals surface area contributed by atoms with Crippen molar-refractivity contribution < 1.29 is 19.1 Å². The predicted octanol–water partition coefficient (Wildman–Crippen LogP) is -0.448. The molecule has 0 atom stereocenters. The number of hydrogen-bond acceptors (Lipinski definition) is 6. The molecule has 4 radical (unpaired) electrons. The molecule has 0 aromatic carbocycles. The Balaban J connectivity index is 0. The smallest absolute Gasteiger partial charge is 0.315 e. The van der Waals surface area contributed by atoms with Crippen molar-refractivity contribution in [3.8, 4) is 0 Å². The molecule has 74 valence electrons. The van der Waals surface area contributed by atoms with Gasteiger partial charge < -0.3 is 9.47 Å². The molecule has 0 aliphatic heterocycles. The van der Waals surface area contributed by atoms with Gasteiger partial charge in [-0.1, -0.05) is 0 Å². The van der Waals surface area contributed by atoms with Crippen molar-refractivity contribution in [3.63, 3.8) is 0 Å². The van der Waals surface area contributed by atoms with Gasteiger partial charge >= 0.3 is 11.9 Å². The number of carbonyl (C=O) groups is 2. The van der Waals surface area contributed by atoms with Gasteiger partial charge in [-0.2, -0.15) is 25.3 Å². The molecule has 0 unspecified atom stereocenters. The van der Waals surface area contributed by atoms with Crippen molar-refractivity contribution in [1.82, 2.24) is 0 Å². The van der Waals surface area contributed by atoms with Crippen LogP contribution in [0.4, 0.5) is 0 Å². The van der Waals surface area contributed by atoms with Crippen LogP contribution in [0.15, 0.2) is 0 Å². The first-order valence-corrected chi connectivity index (χ1v) is 4.50. The van der Waals surface area contributed by atoms with E-state index in [1.165, 1.54) is 0 Å². The third-order valence-electron chi connectivity index (χ3n) is 0.868. The van der Waals surface area contributed by atoms with E-state index in [2.05, 4.69) is 34.7 Å². The maximum Gasteiger partial charge on any atom is 0.315 e. The van der Waals surface area contributed by atoms with Crippen LogP contribution in [0.25, 0.3) is 0 Å². The van der Waals surface area contributed by atoms with E-state index in [0.717, 1.165) is 0 Å². The first-order valence-electron chi connectivity index (χ1n) is 3.23. The number of thiol groups is 2. The Hall–Kier alpha value is 0.439. The maximum atomic E-state index is 10.5. The summed E-state index contributed by atoms with van der Waals surface area (Å²) < 4.78 is 9.14. The minimum absolute atomic E-state index is 0. The molecule has 0 N–H and O–H groups in total. The van der Waals surface area contributed by atoms with E-state index in [-0.39, 0.29) is 48.6 Å². The Kier molecular flexibility index (Phi) is 12.9. The number of hydrogen-bond donors (Lipinski definition) is 2. The van der Waals surface area contributed by atoms with Crippen LogP contribution >= 0.6 is 25.3 Å². The summed E-state index contributed by atoms with van der Waals surface area (Å²) in [6.07, 6.45) is 0. The van der Waals surface area contributed by atoms with Crippen molar-refractivity contribution in [1.29, 1.82) is 0 Å². The van der Waals surface area contributed by atoms with Crippen LogP contribution in [0.5, 0.6) is 0 Å². The second kappa shape index (κ2) is 10.5. The average molecular weight is 329 g/mol. The largest absolute Gasteiger partial charge is 0.461 e. The summed E-state index contributed by atoms with van der Waals surface area (Å²) in [6.45, 7) is 0.137. The van der Waals surface area contributed by atoms with Crippen molar-refractivity contribution >= 4 is 61.1 Å². The van der Waals surface area contributed by atoms with Crippen LogP contribution in [0.3, 0.4) is 0 Å². The molecule has 13 heavy (non-hydrogen) atoms. The molecule has 0 saturated heterocycles. The molecule has 4 nitrogen and oxygen atoms in total. The van der Waals surface area contributed by atoms with Crippen LogP contribution < -0.4 is 0 Å². The van der Waals surface area contributed by atoms with Gasteiger partial charge in [0.15, 0.2) is 0 Å². The molecule has 0 aromatic rings. The second-order valence-corrected chi connectivity index (χ2v) is 2.39. The molecular weight excluding hydrogens is 319 g/mol. The summed E-state index contributed by atoms with van der Waals surface area (Å²) in [5.41, 5.74) is 0. The number of carbonyl (C=O) groups excluding carboxylic acids is 2.